The standard InChI is InChI=1S/C18H17F4N3O3/c1-10-7-14(16(26)27)24-17(23-10)25-6-5-11(8-25)9-28-15-12(18(20,21)22)3-2-4-13(15)19/h2-4,7,11H,5-6,8-9H2,1H3,(H,26,27)/t11-/m0/s1. The van der Waals surface area contributed by atoms with E-state index in [4.69, 9.17) is 9.84 Å². The van der Waals surface area contributed by atoms with Crippen LogP contribution in [0.25, 0.3) is 0 Å². The van der Waals surface area contributed by atoms with Crippen LogP contribution >= 0.6 is 0 Å². The zero-order valence-electron chi connectivity index (χ0n) is 14.8. The number of aromatic carboxylic acids is 1. The molecule has 1 aliphatic heterocycles. The second kappa shape index (κ2) is 7.61. The number of benzene rings is 1. The number of anilines is 1. The second-order valence-electron chi connectivity index (χ2n) is 6.53. The molecule has 0 saturated carbocycles. The summed E-state index contributed by atoms with van der Waals surface area (Å²) in [6.07, 6.45) is -4.16. The molecule has 1 aromatic carbocycles. The summed E-state index contributed by atoms with van der Waals surface area (Å²) in [6.45, 7) is 2.38. The molecule has 1 fully saturated rings. The fourth-order valence-corrected chi connectivity index (χ4v) is 3.03. The molecule has 0 bridgehead atoms. The molecule has 0 unspecified atom stereocenters. The second-order valence-corrected chi connectivity index (χ2v) is 6.53. The van der Waals surface area contributed by atoms with E-state index >= 15 is 0 Å². The lowest BCUT2D eigenvalue weighted by atomic mass is 10.1. The third-order valence-electron chi connectivity index (χ3n) is 4.37. The Hall–Kier alpha value is -2.91. The third kappa shape index (κ3) is 4.32. The number of halogens is 4. The van der Waals surface area contributed by atoms with Crippen LogP contribution in [0.5, 0.6) is 5.75 Å². The molecule has 0 amide bonds. The van der Waals surface area contributed by atoms with Gasteiger partial charge in [0.25, 0.3) is 0 Å². The van der Waals surface area contributed by atoms with Crippen molar-refractivity contribution in [3.63, 3.8) is 0 Å². The summed E-state index contributed by atoms with van der Waals surface area (Å²) in [7, 11) is 0. The monoisotopic (exact) mass is 399 g/mol. The van der Waals surface area contributed by atoms with Gasteiger partial charge in [0.15, 0.2) is 17.3 Å². The van der Waals surface area contributed by atoms with Crippen LogP contribution in [0.3, 0.4) is 0 Å². The van der Waals surface area contributed by atoms with Gasteiger partial charge in [-0.3, -0.25) is 0 Å². The molecule has 1 aliphatic rings. The van der Waals surface area contributed by atoms with Gasteiger partial charge in [-0.15, -0.1) is 0 Å². The van der Waals surface area contributed by atoms with Gasteiger partial charge >= 0.3 is 12.1 Å². The summed E-state index contributed by atoms with van der Waals surface area (Å²) >= 11 is 0. The van der Waals surface area contributed by atoms with Gasteiger partial charge in [-0.05, 0) is 31.5 Å². The van der Waals surface area contributed by atoms with Gasteiger partial charge in [0.2, 0.25) is 5.95 Å². The Kier molecular flexibility index (Phi) is 5.39. The molecular weight excluding hydrogens is 382 g/mol. The Morgan fingerprint density at radius 1 is 1.36 bits per heavy atom. The van der Waals surface area contributed by atoms with Crippen molar-refractivity contribution >= 4 is 11.9 Å². The number of hydrogen-bond donors (Lipinski definition) is 1. The van der Waals surface area contributed by atoms with Crippen LogP contribution in [0.15, 0.2) is 24.3 Å². The topological polar surface area (TPSA) is 75.5 Å². The number of nitrogens with zero attached hydrogens (tertiary/aromatic N) is 3. The van der Waals surface area contributed by atoms with Crippen LogP contribution in [-0.2, 0) is 6.18 Å². The maximum atomic E-state index is 13.8. The van der Waals surface area contributed by atoms with E-state index in [2.05, 4.69) is 9.97 Å². The molecule has 150 valence electrons. The van der Waals surface area contributed by atoms with Crippen molar-refractivity contribution in [1.29, 1.82) is 0 Å². The average molecular weight is 399 g/mol. The molecule has 3 rings (SSSR count). The van der Waals surface area contributed by atoms with Crippen molar-refractivity contribution < 1.29 is 32.2 Å². The number of aromatic nitrogens is 2. The predicted molar refractivity (Wildman–Crippen MR) is 90.9 cm³/mol. The highest BCUT2D eigenvalue weighted by Crippen LogP contribution is 2.38. The maximum Gasteiger partial charge on any atom is 0.420 e. The van der Waals surface area contributed by atoms with Crippen molar-refractivity contribution in [3.8, 4) is 5.75 Å². The smallest absolute Gasteiger partial charge is 0.420 e. The summed E-state index contributed by atoms with van der Waals surface area (Å²) in [5.41, 5.74) is -0.804. The van der Waals surface area contributed by atoms with E-state index in [9.17, 15) is 22.4 Å². The van der Waals surface area contributed by atoms with Gasteiger partial charge < -0.3 is 14.7 Å². The van der Waals surface area contributed by atoms with E-state index in [0.29, 0.717) is 25.2 Å². The lowest BCUT2D eigenvalue weighted by Gasteiger charge is -2.19. The quantitative estimate of drug-likeness (QED) is 0.775. The Labute approximate surface area is 157 Å². The number of carboxylic acid groups (broad SMARTS) is 1. The van der Waals surface area contributed by atoms with E-state index in [0.717, 1.165) is 18.2 Å². The van der Waals surface area contributed by atoms with Gasteiger partial charge in [-0.1, -0.05) is 6.07 Å². The zero-order chi connectivity index (χ0) is 20.5. The van der Waals surface area contributed by atoms with Crippen molar-refractivity contribution in [2.24, 2.45) is 5.92 Å². The van der Waals surface area contributed by atoms with Crippen LogP contribution < -0.4 is 9.64 Å². The van der Waals surface area contributed by atoms with Gasteiger partial charge in [-0.2, -0.15) is 13.2 Å². The van der Waals surface area contributed by atoms with Crippen LogP contribution in [-0.4, -0.2) is 40.7 Å². The average Bonchev–Trinajstić information content (AvgIpc) is 3.08. The maximum absolute atomic E-state index is 13.8. The Balaban J connectivity index is 1.69. The SMILES string of the molecule is Cc1cc(C(=O)O)nc(N2CC[C@H](COc3c(F)cccc3C(F)(F)F)C2)n1. The first kappa shape index (κ1) is 19.8. The van der Waals surface area contributed by atoms with Crippen LogP contribution in [0, 0.1) is 18.7 Å². The number of carboxylic acids is 1. The summed E-state index contributed by atoms with van der Waals surface area (Å²) in [6, 6.07) is 4.02. The largest absolute Gasteiger partial charge is 0.490 e. The number of carbonyl (C=O) groups is 1. The molecule has 1 saturated heterocycles. The lowest BCUT2D eigenvalue weighted by Crippen LogP contribution is -2.25. The lowest BCUT2D eigenvalue weighted by molar-refractivity contribution is -0.139. The van der Waals surface area contributed by atoms with Gasteiger partial charge in [0.05, 0.1) is 6.61 Å². The first-order valence-corrected chi connectivity index (χ1v) is 8.47. The molecule has 2 aromatic rings. The van der Waals surface area contributed by atoms with Gasteiger partial charge in [-0.25, -0.2) is 19.2 Å². The molecule has 0 aliphatic carbocycles. The van der Waals surface area contributed by atoms with E-state index in [1.165, 1.54) is 6.07 Å². The van der Waals surface area contributed by atoms with Crippen LogP contribution in [0.2, 0.25) is 0 Å². The minimum Gasteiger partial charge on any atom is -0.490 e. The van der Waals surface area contributed by atoms with Crippen molar-refractivity contribution in [1.82, 2.24) is 9.97 Å². The Morgan fingerprint density at radius 2 is 2.11 bits per heavy atom. The highest BCUT2D eigenvalue weighted by Gasteiger charge is 2.36. The number of hydrogen-bond acceptors (Lipinski definition) is 5. The molecule has 6 nitrogen and oxygen atoms in total. The molecule has 0 spiro atoms. The summed E-state index contributed by atoms with van der Waals surface area (Å²) in [5.74, 6) is -3.00. The summed E-state index contributed by atoms with van der Waals surface area (Å²) in [5, 5.41) is 9.10. The van der Waals surface area contributed by atoms with Crippen molar-refractivity contribution in [2.45, 2.75) is 19.5 Å². The molecule has 1 aromatic heterocycles. The molecule has 1 atom stereocenters. The summed E-state index contributed by atoms with van der Waals surface area (Å²) < 4.78 is 58.1. The molecule has 1 N–H and O–H groups in total. The molecule has 0 radical (unpaired) electrons. The number of alkyl halides is 3. The summed E-state index contributed by atoms with van der Waals surface area (Å²) in [4.78, 5) is 21.1. The number of aryl methyl sites for hydroxylation is 1. The van der Waals surface area contributed by atoms with Crippen LogP contribution in [0.4, 0.5) is 23.5 Å². The molecule has 10 heteroatoms. The Morgan fingerprint density at radius 3 is 2.79 bits per heavy atom. The molecule has 28 heavy (non-hydrogen) atoms. The molecule has 2 heterocycles. The van der Waals surface area contributed by atoms with Crippen LogP contribution in [0.1, 0.15) is 28.2 Å². The van der Waals surface area contributed by atoms with Gasteiger partial charge in [0, 0.05) is 24.7 Å². The van der Waals surface area contributed by atoms with E-state index < -0.39 is 29.3 Å². The zero-order valence-corrected chi connectivity index (χ0v) is 14.8. The first-order chi connectivity index (χ1) is 13.1. The first-order valence-electron chi connectivity index (χ1n) is 8.47. The minimum atomic E-state index is -4.72. The normalized spacial score (nSPS) is 17.0. The van der Waals surface area contributed by atoms with Crippen molar-refractivity contribution in [2.75, 3.05) is 24.6 Å². The minimum absolute atomic E-state index is 0.113. The number of para-hydroxylation sites is 1. The van der Waals surface area contributed by atoms with E-state index in [1.807, 2.05) is 0 Å². The molecular formula is C18H17F4N3O3. The third-order valence-corrected chi connectivity index (χ3v) is 4.37. The van der Waals surface area contributed by atoms with Gasteiger partial charge in [0.1, 0.15) is 5.56 Å². The number of rotatable bonds is 5. The Bertz CT molecular complexity index is 889. The fourth-order valence-electron chi connectivity index (χ4n) is 3.03. The van der Waals surface area contributed by atoms with E-state index in [1.54, 1.807) is 11.8 Å². The van der Waals surface area contributed by atoms with Crippen molar-refractivity contribution in [3.05, 3.63) is 47.0 Å². The number of ether oxygens (including phenoxy) is 1. The highest BCUT2D eigenvalue weighted by atomic mass is 19.4. The fraction of sp³-hybridized carbons (Fsp3) is 0.389. The predicted octanol–water partition coefficient (Wildman–Crippen LogP) is 3.55. The highest BCUT2D eigenvalue weighted by molar-refractivity contribution is 5.85. The van der Waals surface area contributed by atoms with E-state index in [-0.39, 0.29) is 24.2 Å².